The summed E-state index contributed by atoms with van der Waals surface area (Å²) < 4.78 is 0. The highest BCUT2D eigenvalue weighted by Crippen LogP contribution is 2.26. The van der Waals surface area contributed by atoms with E-state index < -0.39 is 5.97 Å². The van der Waals surface area contributed by atoms with Crippen LogP contribution in [0.15, 0.2) is 12.1 Å². The summed E-state index contributed by atoms with van der Waals surface area (Å²) in [5, 5.41) is 21.6. The Labute approximate surface area is 117 Å². The van der Waals surface area contributed by atoms with Gasteiger partial charge in [0, 0.05) is 12.0 Å². The lowest BCUT2D eigenvalue weighted by Gasteiger charge is -2.29. The van der Waals surface area contributed by atoms with Gasteiger partial charge in [-0.25, -0.2) is 9.78 Å². The van der Waals surface area contributed by atoms with Gasteiger partial charge in [-0.3, -0.25) is 0 Å². The van der Waals surface area contributed by atoms with Crippen molar-refractivity contribution < 1.29 is 15.0 Å². The minimum absolute atomic E-state index is 0.0688. The van der Waals surface area contributed by atoms with Crippen molar-refractivity contribution in [3.63, 3.8) is 0 Å². The maximum absolute atomic E-state index is 10.9. The number of aromatic carboxylic acids is 1. The third kappa shape index (κ3) is 4.08. The van der Waals surface area contributed by atoms with Gasteiger partial charge in [-0.2, -0.15) is 0 Å². The van der Waals surface area contributed by atoms with Crippen LogP contribution in [-0.2, 0) is 0 Å². The first-order valence-electron chi connectivity index (χ1n) is 6.22. The lowest BCUT2D eigenvalue weighted by Crippen LogP contribution is -2.32. The summed E-state index contributed by atoms with van der Waals surface area (Å²) in [7, 11) is 0. The molecule has 106 valence electrons. The molecule has 0 radical (unpaired) electrons. The summed E-state index contributed by atoms with van der Waals surface area (Å²) in [5.41, 5.74) is -0.141. The van der Waals surface area contributed by atoms with Gasteiger partial charge in [-0.15, -0.1) is 0 Å². The van der Waals surface area contributed by atoms with E-state index >= 15 is 0 Å². The Morgan fingerprint density at radius 3 is 2.53 bits per heavy atom. The molecule has 1 rings (SSSR count). The van der Waals surface area contributed by atoms with Crippen LogP contribution in [0.25, 0.3) is 0 Å². The summed E-state index contributed by atoms with van der Waals surface area (Å²) in [5.74, 6) is -0.642. The Bertz CT molecular complexity index is 439. The van der Waals surface area contributed by atoms with Crippen molar-refractivity contribution >= 4 is 23.4 Å². The first-order chi connectivity index (χ1) is 8.96. The number of carboxylic acids is 1. The third-order valence-corrected chi connectivity index (χ3v) is 3.71. The number of rotatable bonds is 7. The molecule has 0 saturated carbocycles. The Kier molecular flexibility index (Phi) is 5.57. The fraction of sp³-hybridized carbons (Fsp3) is 0.538. The van der Waals surface area contributed by atoms with Crippen LogP contribution in [0.2, 0.25) is 5.15 Å². The van der Waals surface area contributed by atoms with Crippen LogP contribution in [0.4, 0.5) is 5.82 Å². The highest BCUT2D eigenvalue weighted by molar-refractivity contribution is 6.29. The summed E-state index contributed by atoms with van der Waals surface area (Å²) in [6.45, 7) is 4.60. The van der Waals surface area contributed by atoms with E-state index in [0.29, 0.717) is 12.4 Å². The average molecular weight is 287 g/mol. The number of aliphatic hydroxyl groups excluding tert-OH is 1. The van der Waals surface area contributed by atoms with Gasteiger partial charge in [-0.1, -0.05) is 25.4 Å². The molecule has 0 aromatic carbocycles. The Morgan fingerprint density at radius 1 is 1.42 bits per heavy atom. The van der Waals surface area contributed by atoms with Crippen LogP contribution in [0.1, 0.15) is 37.0 Å². The third-order valence-electron chi connectivity index (χ3n) is 3.52. The molecule has 0 atom stereocenters. The second-order valence-corrected chi connectivity index (χ2v) is 4.97. The highest BCUT2D eigenvalue weighted by Gasteiger charge is 2.25. The Hall–Kier alpha value is -1.33. The minimum atomic E-state index is -1.05. The number of hydrogen-bond donors (Lipinski definition) is 3. The molecule has 0 spiro atoms. The van der Waals surface area contributed by atoms with Gasteiger partial charge in [0.2, 0.25) is 0 Å². The highest BCUT2D eigenvalue weighted by atomic mass is 35.5. The number of carbonyl (C=O) groups is 1. The predicted octanol–water partition coefficient (Wildman–Crippen LogP) is 2.64. The SMILES string of the molecule is CCC(CC)(CO)CNc1cc(C(=O)O)cc(Cl)n1. The molecule has 3 N–H and O–H groups in total. The first-order valence-corrected chi connectivity index (χ1v) is 6.59. The molecule has 0 aliphatic rings. The molecule has 1 aromatic rings. The standard InChI is InChI=1S/C13H19ClN2O3/c1-3-13(4-2,8-17)7-15-11-6-9(12(18)19)5-10(14)16-11/h5-6,17H,3-4,7-8H2,1-2H3,(H,15,16)(H,18,19). The van der Waals surface area contributed by atoms with Crippen molar-refractivity contribution in [1.82, 2.24) is 4.98 Å². The quantitative estimate of drug-likeness (QED) is 0.671. The fourth-order valence-electron chi connectivity index (χ4n) is 1.77. The van der Waals surface area contributed by atoms with Crippen LogP contribution < -0.4 is 5.32 Å². The van der Waals surface area contributed by atoms with Gasteiger partial charge in [0.1, 0.15) is 11.0 Å². The molecular weight excluding hydrogens is 268 g/mol. The monoisotopic (exact) mass is 286 g/mol. The summed E-state index contributed by atoms with van der Waals surface area (Å²) in [4.78, 5) is 15.0. The molecule has 0 aliphatic carbocycles. The van der Waals surface area contributed by atoms with E-state index in [1.807, 2.05) is 13.8 Å². The van der Waals surface area contributed by atoms with Crippen molar-refractivity contribution in [2.24, 2.45) is 5.41 Å². The zero-order chi connectivity index (χ0) is 14.5. The number of aliphatic hydroxyl groups is 1. The molecule has 0 saturated heterocycles. The number of nitrogens with zero attached hydrogens (tertiary/aromatic N) is 1. The minimum Gasteiger partial charge on any atom is -0.478 e. The molecule has 1 aromatic heterocycles. The van der Waals surface area contributed by atoms with Crippen molar-refractivity contribution in [3.05, 3.63) is 22.8 Å². The summed E-state index contributed by atoms with van der Waals surface area (Å²) in [6.07, 6.45) is 1.64. The van der Waals surface area contributed by atoms with E-state index in [1.54, 1.807) is 0 Å². The van der Waals surface area contributed by atoms with Crippen LogP contribution in [-0.4, -0.2) is 34.3 Å². The fourth-order valence-corrected chi connectivity index (χ4v) is 1.98. The molecule has 6 heteroatoms. The van der Waals surface area contributed by atoms with Crippen molar-refractivity contribution in [1.29, 1.82) is 0 Å². The van der Waals surface area contributed by atoms with Crippen molar-refractivity contribution in [2.45, 2.75) is 26.7 Å². The van der Waals surface area contributed by atoms with Crippen LogP contribution in [0.5, 0.6) is 0 Å². The molecule has 0 aliphatic heterocycles. The second kappa shape index (κ2) is 6.73. The molecule has 1 heterocycles. The van der Waals surface area contributed by atoms with Gasteiger partial charge in [0.05, 0.1) is 12.2 Å². The zero-order valence-corrected chi connectivity index (χ0v) is 11.9. The number of halogens is 1. The van der Waals surface area contributed by atoms with Gasteiger partial charge in [-0.05, 0) is 25.0 Å². The largest absolute Gasteiger partial charge is 0.478 e. The van der Waals surface area contributed by atoms with E-state index in [4.69, 9.17) is 16.7 Å². The maximum atomic E-state index is 10.9. The molecule has 19 heavy (non-hydrogen) atoms. The van der Waals surface area contributed by atoms with Gasteiger partial charge < -0.3 is 15.5 Å². The zero-order valence-electron chi connectivity index (χ0n) is 11.1. The van der Waals surface area contributed by atoms with Gasteiger partial charge in [0.25, 0.3) is 0 Å². The summed E-state index contributed by atoms with van der Waals surface area (Å²) >= 11 is 5.78. The number of carboxylic acid groups (broad SMARTS) is 1. The molecule has 0 amide bonds. The van der Waals surface area contributed by atoms with Crippen molar-refractivity contribution in [2.75, 3.05) is 18.5 Å². The molecular formula is C13H19ClN2O3. The average Bonchev–Trinajstić information content (AvgIpc) is 2.40. The molecule has 5 nitrogen and oxygen atoms in total. The van der Waals surface area contributed by atoms with Crippen LogP contribution in [0.3, 0.4) is 0 Å². The second-order valence-electron chi connectivity index (χ2n) is 4.59. The number of hydrogen-bond acceptors (Lipinski definition) is 4. The molecule has 0 bridgehead atoms. The molecule has 0 unspecified atom stereocenters. The van der Waals surface area contributed by atoms with Crippen LogP contribution in [0, 0.1) is 5.41 Å². The van der Waals surface area contributed by atoms with E-state index in [9.17, 15) is 9.90 Å². The number of anilines is 1. The summed E-state index contributed by atoms with van der Waals surface area (Å²) in [6, 6.07) is 2.73. The number of pyridine rings is 1. The van der Waals surface area contributed by atoms with Crippen molar-refractivity contribution in [3.8, 4) is 0 Å². The Balaban J connectivity index is 2.85. The smallest absolute Gasteiger partial charge is 0.335 e. The normalized spacial score (nSPS) is 11.4. The van der Waals surface area contributed by atoms with E-state index in [0.717, 1.165) is 12.8 Å². The topological polar surface area (TPSA) is 82.5 Å². The predicted molar refractivity (Wildman–Crippen MR) is 74.8 cm³/mol. The maximum Gasteiger partial charge on any atom is 0.335 e. The van der Waals surface area contributed by atoms with Gasteiger partial charge in [0.15, 0.2) is 0 Å². The lowest BCUT2D eigenvalue weighted by molar-refractivity contribution is 0.0696. The van der Waals surface area contributed by atoms with Gasteiger partial charge >= 0.3 is 5.97 Å². The number of nitrogens with one attached hydrogen (secondary N) is 1. The first kappa shape index (κ1) is 15.7. The van der Waals surface area contributed by atoms with E-state index in [1.165, 1.54) is 12.1 Å². The Morgan fingerprint density at radius 2 is 2.05 bits per heavy atom. The lowest BCUT2D eigenvalue weighted by atomic mass is 9.83. The van der Waals surface area contributed by atoms with Crippen LogP contribution >= 0.6 is 11.6 Å². The van der Waals surface area contributed by atoms with E-state index in [-0.39, 0.29) is 22.7 Å². The molecule has 0 fully saturated rings. The number of aromatic nitrogens is 1. The van der Waals surface area contributed by atoms with E-state index in [2.05, 4.69) is 10.3 Å².